The summed E-state index contributed by atoms with van der Waals surface area (Å²) in [6.07, 6.45) is 7.11. The molecular formula is C19H28N2O3. The molecule has 0 bridgehead atoms. The lowest BCUT2D eigenvalue weighted by Crippen LogP contribution is -2.36. The first-order valence-electron chi connectivity index (χ1n) is 8.69. The lowest BCUT2D eigenvalue weighted by molar-refractivity contribution is -0.124. The fourth-order valence-electron chi connectivity index (χ4n) is 3.26. The van der Waals surface area contributed by atoms with Crippen LogP contribution in [-0.4, -0.2) is 28.9 Å². The van der Waals surface area contributed by atoms with Crippen molar-refractivity contribution in [3.8, 4) is 0 Å². The highest BCUT2D eigenvalue weighted by molar-refractivity contribution is 5.90. The van der Waals surface area contributed by atoms with E-state index in [9.17, 15) is 9.90 Å². The van der Waals surface area contributed by atoms with Gasteiger partial charge in [-0.25, -0.2) is 5.48 Å². The first-order chi connectivity index (χ1) is 11.6. The lowest BCUT2D eigenvalue weighted by Gasteiger charge is -2.24. The molecule has 4 N–H and O–H groups in total. The number of nitrogens with one attached hydrogen (secondary N) is 2. The maximum Gasteiger partial charge on any atom is 0.267 e. The summed E-state index contributed by atoms with van der Waals surface area (Å²) in [5.41, 5.74) is 5.08. The molecule has 1 aliphatic carbocycles. The molecule has 0 saturated carbocycles. The molecule has 0 unspecified atom stereocenters. The normalized spacial score (nSPS) is 19.2. The fourth-order valence-corrected chi connectivity index (χ4v) is 3.26. The number of fused-ring (bicyclic) bond motifs is 1. The van der Waals surface area contributed by atoms with Crippen LogP contribution < -0.4 is 10.8 Å². The van der Waals surface area contributed by atoms with Gasteiger partial charge < -0.3 is 10.4 Å². The van der Waals surface area contributed by atoms with Crippen LogP contribution >= 0.6 is 0 Å². The quantitative estimate of drug-likeness (QED) is 0.335. The molecule has 1 aliphatic rings. The number of aliphatic hydroxyl groups is 1. The molecule has 1 amide bonds. The first kappa shape index (κ1) is 18.6. The average molecular weight is 332 g/mol. The van der Waals surface area contributed by atoms with Gasteiger partial charge in [0.15, 0.2) is 0 Å². The van der Waals surface area contributed by atoms with Crippen molar-refractivity contribution >= 4 is 12.0 Å². The van der Waals surface area contributed by atoms with Gasteiger partial charge in [-0.1, -0.05) is 38.5 Å². The maximum absolute atomic E-state index is 11.1. The molecule has 5 nitrogen and oxygen atoms in total. The number of aryl methyl sites for hydroxylation is 1. The second-order valence-electron chi connectivity index (χ2n) is 6.65. The summed E-state index contributed by atoms with van der Waals surface area (Å²) in [5, 5.41) is 21.7. The molecule has 1 aromatic carbocycles. The van der Waals surface area contributed by atoms with Gasteiger partial charge in [-0.05, 0) is 47.9 Å². The van der Waals surface area contributed by atoms with Gasteiger partial charge in [-0.15, -0.1) is 0 Å². The number of amides is 1. The van der Waals surface area contributed by atoms with Crippen LogP contribution in [0.3, 0.4) is 0 Å². The Kier molecular flexibility index (Phi) is 6.97. The minimum Gasteiger partial charge on any atom is -0.395 e. The summed E-state index contributed by atoms with van der Waals surface area (Å²) in [6.45, 7) is 4.55. The summed E-state index contributed by atoms with van der Waals surface area (Å²) in [4.78, 5) is 11.1. The number of benzene rings is 1. The number of hydrogen-bond donors (Lipinski definition) is 4. The van der Waals surface area contributed by atoms with Crippen LogP contribution in [0.15, 0.2) is 24.3 Å². The number of rotatable bonds is 8. The molecule has 0 spiro atoms. The Hall–Kier alpha value is -1.69. The van der Waals surface area contributed by atoms with Crippen molar-refractivity contribution in [2.45, 2.75) is 51.6 Å². The van der Waals surface area contributed by atoms with Crippen LogP contribution in [0.1, 0.15) is 55.8 Å². The summed E-state index contributed by atoms with van der Waals surface area (Å²) in [6, 6.07) is 6.56. The monoisotopic (exact) mass is 332 g/mol. The maximum atomic E-state index is 11.1. The molecule has 2 rings (SSSR count). The SMILES string of the molecule is CC[C@H](C)C[C@@H](CO)N[C@@H]1CCc2cc(/C=C/C(=O)NO)ccc21. The Morgan fingerprint density at radius 2 is 2.25 bits per heavy atom. The number of carbonyl (C=O) groups excluding carboxylic acids is 1. The van der Waals surface area contributed by atoms with Crippen LogP contribution in [0.5, 0.6) is 0 Å². The molecule has 24 heavy (non-hydrogen) atoms. The molecule has 0 aliphatic heterocycles. The largest absolute Gasteiger partial charge is 0.395 e. The van der Waals surface area contributed by atoms with Crippen LogP contribution in [0.2, 0.25) is 0 Å². The molecular weight excluding hydrogens is 304 g/mol. The number of carbonyl (C=O) groups is 1. The predicted octanol–water partition coefficient (Wildman–Crippen LogP) is 2.58. The Labute approximate surface area is 143 Å². The van der Waals surface area contributed by atoms with Crippen molar-refractivity contribution in [1.29, 1.82) is 0 Å². The summed E-state index contributed by atoms with van der Waals surface area (Å²) in [7, 11) is 0. The molecule has 5 heteroatoms. The van der Waals surface area contributed by atoms with Gasteiger partial charge in [0.2, 0.25) is 0 Å². The summed E-state index contributed by atoms with van der Waals surface area (Å²) in [5.74, 6) is 0.0616. The Morgan fingerprint density at radius 1 is 1.46 bits per heavy atom. The molecule has 0 fully saturated rings. The van der Waals surface area contributed by atoms with Gasteiger partial charge in [-0.3, -0.25) is 10.0 Å². The third-order valence-corrected chi connectivity index (χ3v) is 4.82. The Bertz CT molecular complexity index is 586. The van der Waals surface area contributed by atoms with Crippen molar-refractivity contribution in [3.63, 3.8) is 0 Å². The summed E-state index contributed by atoms with van der Waals surface area (Å²) < 4.78 is 0. The van der Waals surface area contributed by atoms with Crippen molar-refractivity contribution in [2.24, 2.45) is 5.92 Å². The minimum absolute atomic E-state index is 0.128. The van der Waals surface area contributed by atoms with E-state index in [1.807, 2.05) is 6.07 Å². The van der Waals surface area contributed by atoms with E-state index in [2.05, 4.69) is 31.3 Å². The Morgan fingerprint density at radius 3 is 2.92 bits per heavy atom. The molecule has 132 valence electrons. The van der Waals surface area contributed by atoms with E-state index in [-0.39, 0.29) is 18.7 Å². The fraction of sp³-hybridized carbons (Fsp3) is 0.526. The highest BCUT2D eigenvalue weighted by atomic mass is 16.5. The van der Waals surface area contributed by atoms with E-state index in [0.29, 0.717) is 5.92 Å². The molecule has 0 saturated heterocycles. The van der Waals surface area contributed by atoms with Gasteiger partial charge in [-0.2, -0.15) is 0 Å². The zero-order valence-corrected chi connectivity index (χ0v) is 14.5. The Balaban J connectivity index is 2.04. The van der Waals surface area contributed by atoms with Gasteiger partial charge in [0.05, 0.1) is 6.61 Å². The van der Waals surface area contributed by atoms with E-state index in [4.69, 9.17) is 5.21 Å². The lowest BCUT2D eigenvalue weighted by atomic mass is 9.98. The number of aliphatic hydroxyl groups excluding tert-OH is 1. The third kappa shape index (κ3) is 4.90. The van der Waals surface area contributed by atoms with E-state index in [1.54, 1.807) is 11.6 Å². The van der Waals surface area contributed by atoms with Crippen LogP contribution in [-0.2, 0) is 11.2 Å². The van der Waals surface area contributed by atoms with E-state index < -0.39 is 5.91 Å². The smallest absolute Gasteiger partial charge is 0.267 e. The van der Waals surface area contributed by atoms with Crippen LogP contribution in [0, 0.1) is 5.92 Å². The highest BCUT2D eigenvalue weighted by Gasteiger charge is 2.25. The van der Waals surface area contributed by atoms with Crippen LogP contribution in [0.4, 0.5) is 0 Å². The van der Waals surface area contributed by atoms with Crippen molar-refractivity contribution in [2.75, 3.05) is 6.61 Å². The van der Waals surface area contributed by atoms with Gasteiger partial charge in [0, 0.05) is 18.2 Å². The van der Waals surface area contributed by atoms with Crippen molar-refractivity contribution in [3.05, 3.63) is 41.0 Å². The molecule has 3 atom stereocenters. The minimum atomic E-state index is -0.536. The molecule has 0 aromatic heterocycles. The molecule has 0 heterocycles. The van der Waals surface area contributed by atoms with Crippen molar-refractivity contribution < 1.29 is 15.1 Å². The second kappa shape index (κ2) is 8.97. The van der Waals surface area contributed by atoms with Gasteiger partial charge in [0.25, 0.3) is 5.91 Å². The standard InChI is InChI=1S/C19H28N2O3/c1-3-13(2)10-16(12-22)20-18-8-6-15-11-14(4-7-17(15)18)5-9-19(23)21-24/h4-5,7,9,11,13,16,18,20,22,24H,3,6,8,10,12H2,1-2H3,(H,21,23)/b9-5+/t13-,16-,18+/m0/s1. The highest BCUT2D eigenvalue weighted by Crippen LogP contribution is 2.32. The topological polar surface area (TPSA) is 81.6 Å². The van der Waals surface area contributed by atoms with Gasteiger partial charge >= 0.3 is 0 Å². The second-order valence-corrected chi connectivity index (χ2v) is 6.65. The van der Waals surface area contributed by atoms with Crippen molar-refractivity contribution in [1.82, 2.24) is 10.8 Å². The zero-order chi connectivity index (χ0) is 17.5. The van der Waals surface area contributed by atoms with E-state index >= 15 is 0 Å². The third-order valence-electron chi connectivity index (χ3n) is 4.82. The number of hydroxylamine groups is 1. The van der Waals surface area contributed by atoms with Gasteiger partial charge in [0.1, 0.15) is 0 Å². The molecule has 0 radical (unpaired) electrons. The predicted molar refractivity (Wildman–Crippen MR) is 94.5 cm³/mol. The van der Waals surface area contributed by atoms with Crippen LogP contribution in [0.25, 0.3) is 6.08 Å². The first-order valence-corrected chi connectivity index (χ1v) is 8.69. The average Bonchev–Trinajstić information content (AvgIpc) is 3.00. The summed E-state index contributed by atoms with van der Waals surface area (Å²) >= 11 is 0. The number of hydrogen-bond acceptors (Lipinski definition) is 4. The van der Waals surface area contributed by atoms with E-state index in [0.717, 1.165) is 31.2 Å². The molecule has 1 aromatic rings. The zero-order valence-electron chi connectivity index (χ0n) is 14.5. The van der Waals surface area contributed by atoms with E-state index in [1.165, 1.54) is 17.2 Å².